The Balaban J connectivity index is 0.000000383. The molecule has 2 aliphatic carbocycles. The molecule has 0 aromatic heterocycles. The fraction of sp³-hybridized carbons (Fsp3) is 0.750. The quantitative estimate of drug-likeness (QED) is 0.121. The van der Waals surface area contributed by atoms with Crippen molar-refractivity contribution in [3.05, 3.63) is 34.9 Å². The zero-order valence-electron chi connectivity index (χ0n) is 21.1. The van der Waals surface area contributed by atoms with E-state index in [9.17, 15) is 34.8 Å². The summed E-state index contributed by atoms with van der Waals surface area (Å²) in [5.41, 5.74) is 0.612. The number of allylic oxidation sites excluding steroid dienone is 6. The SMILES string of the molecule is C1=C\CC/C=C\CC/1.C[C@@H]1CC[C@@H](C)P1C1=C(P2[C@H](C)CC[C@H]2C)C(F)(F)C1(F)F.F[B-](F)(F)F.[Rh]. The Hall–Kier alpha value is 0.208. The minimum absolute atomic E-state index is 0. The summed E-state index contributed by atoms with van der Waals surface area (Å²) >= 11 is 0. The molecule has 0 unspecified atom stereocenters. The van der Waals surface area contributed by atoms with Crippen LogP contribution in [0.4, 0.5) is 34.8 Å². The van der Waals surface area contributed by atoms with Gasteiger partial charge in [-0.1, -0.05) is 67.8 Å². The molecule has 0 N–H and O–H groups in total. The first kappa shape index (κ1) is 34.2. The van der Waals surface area contributed by atoms with Crippen LogP contribution >= 0.6 is 15.8 Å². The van der Waals surface area contributed by atoms with E-state index in [-0.39, 0.29) is 52.7 Å². The average Bonchev–Trinajstić information content (AvgIpc) is 3.19. The second kappa shape index (κ2) is 14.0. The van der Waals surface area contributed by atoms with Crippen LogP contribution in [0.25, 0.3) is 0 Å². The van der Waals surface area contributed by atoms with Gasteiger partial charge in [-0.2, -0.15) is 17.6 Å². The van der Waals surface area contributed by atoms with Crippen LogP contribution in [0.2, 0.25) is 0 Å². The third-order valence-electron chi connectivity index (χ3n) is 6.97. The molecule has 0 nitrogen and oxygen atoms in total. The zero-order chi connectivity index (χ0) is 26.6. The number of hydrogen-bond acceptors (Lipinski definition) is 0. The Kier molecular flexibility index (Phi) is 13.3. The number of alkyl halides is 4. The van der Waals surface area contributed by atoms with Gasteiger partial charge in [0.05, 0.1) is 0 Å². The van der Waals surface area contributed by atoms with Gasteiger partial charge in [0.15, 0.2) is 0 Å². The smallest absolute Gasteiger partial charge is 0.418 e. The number of rotatable bonds is 2. The van der Waals surface area contributed by atoms with Gasteiger partial charge in [-0.15, -0.1) is 0 Å². The molecular formula is C24H36BF8P2Rh-. The molecule has 0 amide bonds. The van der Waals surface area contributed by atoms with Gasteiger partial charge in [-0.05, 0) is 74.0 Å². The summed E-state index contributed by atoms with van der Waals surface area (Å²) in [7, 11) is -8.23. The van der Waals surface area contributed by atoms with Crippen molar-refractivity contribution in [1.82, 2.24) is 0 Å². The van der Waals surface area contributed by atoms with Crippen LogP contribution in [0.3, 0.4) is 0 Å². The maximum atomic E-state index is 14.4. The molecule has 0 aromatic carbocycles. The average molecular weight is 652 g/mol. The van der Waals surface area contributed by atoms with Crippen molar-refractivity contribution in [2.75, 3.05) is 0 Å². The topological polar surface area (TPSA) is 0 Å². The van der Waals surface area contributed by atoms with E-state index in [1.807, 2.05) is 27.7 Å². The molecule has 2 aliphatic heterocycles. The second-order valence-electron chi connectivity index (χ2n) is 9.80. The van der Waals surface area contributed by atoms with Crippen LogP contribution < -0.4 is 0 Å². The predicted molar refractivity (Wildman–Crippen MR) is 134 cm³/mol. The van der Waals surface area contributed by atoms with Crippen molar-refractivity contribution < 1.29 is 54.3 Å². The van der Waals surface area contributed by atoms with E-state index in [2.05, 4.69) is 24.3 Å². The number of hydrogen-bond donors (Lipinski definition) is 0. The first-order chi connectivity index (χ1) is 16.1. The van der Waals surface area contributed by atoms with Crippen molar-refractivity contribution in [3.8, 4) is 0 Å². The van der Waals surface area contributed by atoms with Crippen LogP contribution in [0.1, 0.15) is 79.1 Å². The fourth-order valence-electron chi connectivity index (χ4n) is 5.23. The van der Waals surface area contributed by atoms with Gasteiger partial charge in [0.1, 0.15) is 0 Å². The van der Waals surface area contributed by atoms with Crippen molar-refractivity contribution in [2.45, 2.75) is 114 Å². The van der Waals surface area contributed by atoms with Crippen molar-refractivity contribution in [3.63, 3.8) is 0 Å². The van der Waals surface area contributed by atoms with E-state index >= 15 is 0 Å². The Labute approximate surface area is 225 Å². The molecular weight excluding hydrogens is 616 g/mol. The van der Waals surface area contributed by atoms with E-state index in [1.54, 1.807) is 0 Å². The van der Waals surface area contributed by atoms with Crippen LogP contribution in [0.5, 0.6) is 0 Å². The molecule has 36 heavy (non-hydrogen) atoms. The van der Waals surface area contributed by atoms with Crippen molar-refractivity contribution in [2.24, 2.45) is 0 Å². The molecule has 0 saturated carbocycles. The minimum atomic E-state index is -6.00. The molecule has 0 bridgehead atoms. The van der Waals surface area contributed by atoms with E-state index in [0.717, 1.165) is 25.7 Å². The van der Waals surface area contributed by atoms with Gasteiger partial charge in [-0.25, -0.2) is 0 Å². The monoisotopic (exact) mass is 652 g/mol. The second-order valence-corrected chi connectivity index (χ2v) is 15.9. The van der Waals surface area contributed by atoms with Crippen molar-refractivity contribution >= 4 is 23.1 Å². The summed E-state index contributed by atoms with van der Waals surface area (Å²) in [4.78, 5) is 0. The van der Waals surface area contributed by atoms with Gasteiger partial charge in [-0.3, -0.25) is 0 Å². The van der Waals surface area contributed by atoms with Crippen LogP contribution in [0, 0.1) is 0 Å². The normalized spacial score (nSPS) is 33.6. The fourth-order valence-corrected chi connectivity index (χ4v) is 12.8. The molecule has 2 saturated heterocycles. The van der Waals surface area contributed by atoms with Crippen LogP contribution in [-0.4, -0.2) is 41.7 Å². The van der Waals surface area contributed by atoms with E-state index in [0.29, 0.717) is 0 Å². The first-order valence-corrected chi connectivity index (χ1v) is 15.3. The van der Waals surface area contributed by atoms with Crippen molar-refractivity contribution in [1.29, 1.82) is 0 Å². The summed E-state index contributed by atoms with van der Waals surface area (Å²) in [5, 5.41) is -0.173. The van der Waals surface area contributed by atoms with Gasteiger partial charge < -0.3 is 17.3 Å². The molecule has 0 aromatic rings. The summed E-state index contributed by atoms with van der Waals surface area (Å²) < 4.78 is 96.4. The standard InChI is InChI=1S/C16H24F4P2.C8H12.BF4.Rh/c1-9-5-6-10(2)21(9)13-14(16(19,20)15(13,17)18)22-11(3)7-8-12(22)4;1-2-4-6-8-7-5-3-1;2-1(3,4)5;/h9-12H,5-8H2,1-4H3;1-2,7-8H,3-6H2;;/q;;-1;/b;2-1-,8-7-;;/t9-,10-,11-,12-;;;/m1.../s1. The van der Waals surface area contributed by atoms with E-state index < -0.39 is 34.9 Å². The van der Waals surface area contributed by atoms with Crippen LogP contribution in [0.15, 0.2) is 34.9 Å². The van der Waals surface area contributed by atoms with Gasteiger partial charge in [0.25, 0.3) is 0 Å². The maximum Gasteiger partial charge on any atom is 0.673 e. The maximum absolute atomic E-state index is 14.4. The summed E-state index contributed by atoms with van der Waals surface area (Å²) in [6.45, 7) is 7.89. The molecule has 4 aliphatic rings. The van der Waals surface area contributed by atoms with Gasteiger partial charge in [0, 0.05) is 30.1 Å². The zero-order valence-corrected chi connectivity index (χ0v) is 24.5. The molecule has 1 radical (unpaired) electrons. The van der Waals surface area contributed by atoms with Crippen LogP contribution in [-0.2, 0) is 19.5 Å². The van der Waals surface area contributed by atoms with Gasteiger partial charge >= 0.3 is 19.1 Å². The molecule has 2 fully saturated rings. The Bertz CT molecular complexity index is 703. The molecule has 12 heteroatoms. The molecule has 4 atom stereocenters. The van der Waals surface area contributed by atoms with E-state index in [1.165, 1.54) is 25.7 Å². The molecule has 0 spiro atoms. The molecule has 211 valence electrons. The first-order valence-electron chi connectivity index (χ1n) is 12.4. The summed E-state index contributed by atoms with van der Waals surface area (Å²) in [5.74, 6) is -7.80. The largest absolute Gasteiger partial charge is 0.673 e. The Morgan fingerprint density at radius 3 is 0.972 bits per heavy atom. The summed E-state index contributed by atoms with van der Waals surface area (Å²) in [6, 6.07) is 0. The third-order valence-corrected chi connectivity index (χ3v) is 14.0. The molecule has 4 rings (SSSR count). The minimum Gasteiger partial charge on any atom is -0.418 e. The Morgan fingerprint density at radius 2 is 0.778 bits per heavy atom. The van der Waals surface area contributed by atoms with Gasteiger partial charge in [0.2, 0.25) is 0 Å². The number of halogens is 8. The Morgan fingerprint density at radius 1 is 0.583 bits per heavy atom. The summed E-state index contributed by atoms with van der Waals surface area (Å²) in [6.07, 6.45) is 17.6. The molecule has 2 heterocycles. The predicted octanol–water partition coefficient (Wildman–Crippen LogP) is 10.6. The third kappa shape index (κ3) is 8.35. The van der Waals surface area contributed by atoms with E-state index in [4.69, 9.17) is 0 Å².